The van der Waals surface area contributed by atoms with Gasteiger partial charge in [-0.05, 0) is 27.7 Å². The molecule has 0 fully saturated rings. The molecule has 2 N–H and O–H groups in total. The third kappa shape index (κ3) is 5.85. The molecule has 0 radical (unpaired) electrons. The molecule has 0 amide bonds. The van der Waals surface area contributed by atoms with Crippen LogP contribution in [0.1, 0.15) is 35.5 Å². The number of aryl methyl sites for hydroxylation is 2. The highest BCUT2D eigenvalue weighted by molar-refractivity contribution is 7.11. The molecule has 1 aromatic rings. The molecule has 0 aliphatic heterocycles. The molecule has 20 heavy (non-hydrogen) atoms. The molecule has 3 atom stereocenters. The van der Waals surface area contributed by atoms with Crippen LogP contribution >= 0.6 is 11.3 Å². The van der Waals surface area contributed by atoms with Crippen molar-refractivity contribution >= 4 is 11.3 Å². The molecule has 3 unspecified atom stereocenters. The third-order valence-corrected chi connectivity index (χ3v) is 4.22. The minimum Gasteiger partial charge on any atom is -0.389 e. The van der Waals surface area contributed by atoms with Crippen molar-refractivity contribution in [3.05, 3.63) is 15.6 Å². The third-order valence-electron chi connectivity index (χ3n) is 2.97. The molecule has 0 aliphatic rings. The molecule has 1 heterocycles. The lowest BCUT2D eigenvalue weighted by atomic mass is 10.2. The molecule has 116 valence electrons. The minimum atomic E-state index is -0.522. The number of hydrogen-bond donors (Lipinski definition) is 2. The smallest absolute Gasteiger partial charge is 0.0900 e. The van der Waals surface area contributed by atoms with Crippen LogP contribution in [0.5, 0.6) is 0 Å². The summed E-state index contributed by atoms with van der Waals surface area (Å²) >= 11 is 1.70. The molecule has 0 aliphatic carbocycles. The van der Waals surface area contributed by atoms with Gasteiger partial charge in [0, 0.05) is 24.6 Å². The van der Waals surface area contributed by atoms with Gasteiger partial charge in [0.1, 0.15) is 0 Å². The highest BCUT2D eigenvalue weighted by atomic mass is 32.1. The van der Waals surface area contributed by atoms with E-state index in [4.69, 9.17) is 9.47 Å². The Morgan fingerprint density at radius 2 is 2.00 bits per heavy atom. The zero-order valence-corrected chi connectivity index (χ0v) is 13.8. The first-order valence-corrected chi connectivity index (χ1v) is 7.71. The van der Waals surface area contributed by atoms with Gasteiger partial charge >= 0.3 is 0 Å². The normalized spacial score (nSPS) is 16.1. The van der Waals surface area contributed by atoms with Gasteiger partial charge in [-0.3, -0.25) is 0 Å². The van der Waals surface area contributed by atoms with Gasteiger partial charge in [-0.2, -0.15) is 0 Å². The topological polar surface area (TPSA) is 63.6 Å². The molecule has 5 nitrogen and oxygen atoms in total. The fourth-order valence-corrected chi connectivity index (χ4v) is 2.93. The Balaban J connectivity index is 2.30. The average Bonchev–Trinajstić information content (AvgIpc) is 2.73. The van der Waals surface area contributed by atoms with Gasteiger partial charge in [0.15, 0.2) is 0 Å². The summed E-state index contributed by atoms with van der Waals surface area (Å²) in [4.78, 5) is 5.64. The van der Waals surface area contributed by atoms with E-state index in [0.717, 1.165) is 10.7 Å². The Labute approximate surface area is 125 Å². The number of aliphatic hydroxyl groups excluding tert-OH is 1. The first kappa shape index (κ1) is 17.5. The Hall–Kier alpha value is -0.530. The van der Waals surface area contributed by atoms with E-state index in [-0.39, 0.29) is 12.1 Å². The minimum absolute atomic E-state index is 0.00142. The van der Waals surface area contributed by atoms with Crippen LogP contribution in [0.3, 0.4) is 0 Å². The molecule has 0 saturated carbocycles. The van der Waals surface area contributed by atoms with Gasteiger partial charge in [-0.25, -0.2) is 4.98 Å². The number of nitrogens with zero attached hydrogens (tertiary/aromatic N) is 1. The van der Waals surface area contributed by atoms with Gasteiger partial charge < -0.3 is 19.9 Å². The molecule has 1 aromatic heterocycles. The van der Waals surface area contributed by atoms with Crippen LogP contribution in [0.25, 0.3) is 0 Å². The van der Waals surface area contributed by atoms with Crippen molar-refractivity contribution in [3.63, 3.8) is 0 Å². The Bertz CT molecular complexity index is 398. The zero-order valence-electron chi connectivity index (χ0n) is 13.0. The first-order chi connectivity index (χ1) is 9.43. The van der Waals surface area contributed by atoms with E-state index in [9.17, 15) is 5.11 Å². The first-order valence-electron chi connectivity index (χ1n) is 6.90. The quantitative estimate of drug-likeness (QED) is 0.728. The molecule has 0 spiro atoms. The molecular formula is C14H26N2O3S. The Morgan fingerprint density at radius 1 is 1.30 bits per heavy atom. The second kappa shape index (κ2) is 8.69. The van der Waals surface area contributed by atoms with Gasteiger partial charge in [-0.15, -0.1) is 11.3 Å². The lowest BCUT2D eigenvalue weighted by molar-refractivity contribution is -0.0315. The lowest BCUT2D eigenvalue weighted by Gasteiger charge is -2.18. The highest BCUT2D eigenvalue weighted by Gasteiger charge is 2.14. The van der Waals surface area contributed by atoms with Gasteiger partial charge in [-0.1, -0.05) is 0 Å². The predicted molar refractivity (Wildman–Crippen MR) is 81.3 cm³/mol. The number of methoxy groups -OCH3 is 1. The molecule has 0 aromatic carbocycles. The van der Waals surface area contributed by atoms with Crippen molar-refractivity contribution in [1.29, 1.82) is 0 Å². The van der Waals surface area contributed by atoms with Crippen LogP contribution in [0.2, 0.25) is 0 Å². The summed E-state index contributed by atoms with van der Waals surface area (Å²) in [6, 6.07) is 0.187. The summed E-state index contributed by atoms with van der Waals surface area (Å²) in [6.07, 6.45) is -0.524. The second-order valence-electron chi connectivity index (χ2n) is 5.07. The van der Waals surface area contributed by atoms with Gasteiger partial charge in [0.25, 0.3) is 0 Å². The van der Waals surface area contributed by atoms with Crippen LogP contribution in [-0.2, 0) is 9.47 Å². The number of rotatable bonds is 9. The van der Waals surface area contributed by atoms with Crippen LogP contribution in [0.4, 0.5) is 0 Å². The fraction of sp³-hybridized carbons (Fsp3) is 0.786. The standard InChI is InChI=1S/C14H26N2O3S/c1-9(7-18-5)19-8-13(17)6-15-10(2)14-11(3)16-12(4)20-14/h9-10,13,15,17H,6-8H2,1-5H3. The van der Waals surface area contributed by atoms with Crippen molar-refractivity contribution in [2.45, 2.75) is 45.9 Å². The summed E-state index contributed by atoms with van der Waals surface area (Å²) in [5.41, 5.74) is 1.06. The van der Waals surface area contributed by atoms with Crippen molar-refractivity contribution in [1.82, 2.24) is 10.3 Å². The molecule has 0 saturated heterocycles. The van der Waals surface area contributed by atoms with Crippen molar-refractivity contribution in [2.75, 3.05) is 26.9 Å². The van der Waals surface area contributed by atoms with E-state index in [1.54, 1.807) is 18.4 Å². The number of hydrogen-bond acceptors (Lipinski definition) is 6. The van der Waals surface area contributed by atoms with E-state index in [1.807, 2.05) is 20.8 Å². The monoisotopic (exact) mass is 302 g/mol. The number of ether oxygens (including phenoxy) is 2. The molecular weight excluding hydrogens is 276 g/mol. The zero-order chi connectivity index (χ0) is 15.1. The maximum Gasteiger partial charge on any atom is 0.0900 e. The van der Waals surface area contributed by atoms with Crippen LogP contribution in [0.15, 0.2) is 0 Å². The number of thiazole rings is 1. The van der Waals surface area contributed by atoms with Gasteiger partial charge in [0.2, 0.25) is 0 Å². The SMILES string of the molecule is COCC(C)OCC(O)CNC(C)c1sc(C)nc1C. The van der Waals surface area contributed by atoms with Crippen molar-refractivity contribution in [3.8, 4) is 0 Å². The number of aromatic nitrogens is 1. The molecule has 0 bridgehead atoms. The highest BCUT2D eigenvalue weighted by Crippen LogP contribution is 2.24. The summed E-state index contributed by atoms with van der Waals surface area (Å²) in [5, 5.41) is 14.3. The largest absolute Gasteiger partial charge is 0.389 e. The maximum absolute atomic E-state index is 9.90. The fourth-order valence-electron chi connectivity index (χ4n) is 1.97. The van der Waals surface area contributed by atoms with E-state index in [1.165, 1.54) is 4.88 Å². The van der Waals surface area contributed by atoms with E-state index >= 15 is 0 Å². The average molecular weight is 302 g/mol. The van der Waals surface area contributed by atoms with Crippen molar-refractivity contribution in [2.24, 2.45) is 0 Å². The summed E-state index contributed by atoms with van der Waals surface area (Å²) in [5.74, 6) is 0. The summed E-state index contributed by atoms with van der Waals surface area (Å²) < 4.78 is 10.5. The van der Waals surface area contributed by atoms with Crippen molar-refractivity contribution < 1.29 is 14.6 Å². The lowest BCUT2D eigenvalue weighted by Crippen LogP contribution is -2.33. The molecule has 6 heteroatoms. The van der Waals surface area contributed by atoms with E-state index in [2.05, 4.69) is 17.2 Å². The molecule has 1 rings (SSSR count). The summed E-state index contributed by atoms with van der Waals surface area (Å²) in [6.45, 7) is 9.38. The number of aliphatic hydroxyl groups is 1. The van der Waals surface area contributed by atoms with Crippen LogP contribution in [-0.4, -0.2) is 49.2 Å². The number of nitrogens with one attached hydrogen (secondary N) is 1. The van der Waals surface area contributed by atoms with Crippen LogP contribution < -0.4 is 5.32 Å². The van der Waals surface area contributed by atoms with Gasteiger partial charge in [0.05, 0.1) is 36.1 Å². The second-order valence-corrected chi connectivity index (χ2v) is 6.30. The van der Waals surface area contributed by atoms with E-state index in [0.29, 0.717) is 19.8 Å². The van der Waals surface area contributed by atoms with Crippen LogP contribution in [0, 0.1) is 13.8 Å². The maximum atomic E-state index is 9.90. The Kier molecular flexibility index (Phi) is 7.61. The Morgan fingerprint density at radius 3 is 2.55 bits per heavy atom. The summed E-state index contributed by atoms with van der Waals surface area (Å²) in [7, 11) is 1.64. The predicted octanol–water partition coefficient (Wildman–Crippen LogP) is 1.82. The van der Waals surface area contributed by atoms with E-state index < -0.39 is 6.10 Å².